The lowest BCUT2D eigenvalue weighted by Gasteiger charge is -2.22. The molecule has 2 N–H and O–H groups in total. The van der Waals surface area contributed by atoms with Gasteiger partial charge in [-0.3, -0.25) is 19.4 Å². The molecule has 3 heterocycles. The van der Waals surface area contributed by atoms with Crippen LogP contribution in [0.3, 0.4) is 0 Å². The lowest BCUT2D eigenvalue weighted by molar-refractivity contribution is -0.137. The molecule has 10 nitrogen and oxygen atoms in total. The molecular weight excluding hydrogens is 344 g/mol. The van der Waals surface area contributed by atoms with E-state index in [9.17, 15) is 19.2 Å². The van der Waals surface area contributed by atoms with Crippen LogP contribution < -0.4 is 20.1 Å². The summed E-state index contributed by atoms with van der Waals surface area (Å²) in [5.41, 5.74) is -0.833. The van der Waals surface area contributed by atoms with E-state index in [0.717, 1.165) is 9.80 Å². The zero-order chi connectivity index (χ0) is 18.5. The van der Waals surface area contributed by atoms with Crippen molar-refractivity contribution in [2.75, 3.05) is 26.4 Å². The fourth-order valence-corrected chi connectivity index (χ4v) is 3.17. The molecule has 0 spiro atoms. The van der Waals surface area contributed by atoms with Gasteiger partial charge in [0, 0.05) is 13.1 Å². The van der Waals surface area contributed by atoms with Crippen molar-refractivity contribution in [1.82, 2.24) is 20.4 Å². The van der Waals surface area contributed by atoms with Crippen molar-refractivity contribution in [2.24, 2.45) is 0 Å². The van der Waals surface area contributed by atoms with E-state index in [1.807, 2.05) is 0 Å². The van der Waals surface area contributed by atoms with Crippen molar-refractivity contribution >= 4 is 23.9 Å². The normalized spacial score (nSPS) is 24.1. The second-order valence-electron chi connectivity index (χ2n) is 6.29. The summed E-state index contributed by atoms with van der Waals surface area (Å²) in [5.74, 6) is -0.150. The minimum Gasteiger partial charge on any atom is -0.454 e. The summed E-state index contributed by atoms with van der Waals surface area (Å²) in [4.78, 5) is 50.8. The number of fused-ring (bicyclic) bond motifs is 1. The topological polar surface area (TPSA) is 117 Å². The summed E-state index contributed by atoms with van der Waals surface area (Å²) >= 11 is 0. The Bertz CT molecular complexity index is 840. The third-order valence-electron chi connectivity index (χ3n) is 4.68. The number of amides is 6. The number of imide groups is 2. The number of nitrogens with zero attached hydrogens (tertiary/aromatic N) is 2. The van der Waals surface area contributed by atoms with Crippen LogP contribution in [0, 0.1) is 0 Å². The van der Waals surface area contributed by atoms with Gasteiger partial charge in [0.25, 0.3) is 11.8 Å². The predicted molar refractivity (Wildman–Crippen MR) is 85.3 cm³/mol. The van der Waals surface area contributed by atoms with Crippen molar-refractivity contribution in [2.45, 2.75) is 12.5 Å². The van der Waals surface area contributed by atoms with E-state index < -0.39 is 36.0 Å². The highest BCUT2D eigenvalue weighted by Crippen LogP contribution is 2.37. The summed E-state index contributed by atoms with van der Waals surface area (Å²) in [5, 5.41) is 5.11. The molecule has 0 radical (unpaired) electrons. The van der Waals surface area contributed by atoms with Crippen LogP contribution in [0.1, 0.15) is 12.5 Å². The smallest absolute Gasteiger partial charge is 0.325 e. The molecule has 26 heavy (non-hydrogen) atoms. The molecule has 1 atom stereocenters. The summed E-state index contributed by atoms with van der Waals surface area (Å²) < 4.78 is 10.6. The fourth-order valence-electron chi connectivity index (χ4n) is 3.17. The summed E-state index contributed by atoms with van der Waals surface area (Å²) in [7, 11) is 0. The molecule has 3 aliphatic heterocycles. The first kappa shape index (κ1) is 16.2. The summed E-state index contributed by atoms with van der Waals surface area (Å²) in [6.45, 7) is 1.70. The average Bonchev–Trinajstić information content (AvgIpc) is 3.30. The molecule has 1 aromatic rings. The lowest BCUT2D eigenvalue weighted by Crippen LogP contribution is -2.45. The Morgan fingerprint density at radius 2 is 1.96 bits per heavy atom. The molecule has 0 bridgehead atoms. The van der Waals surface area contributed by atoms with Gasteiger partial charge in [-0.15, -0.1) is 0 Å². The fraction of sp³-hybridized carbons (Fsp3) is 0.375. The molecule has 3 aliphatic rings. The number of nitrogens with one attached hydrogen (secondary N) is 2. The van der Waals surface area contributed by atoms with Crippen molar-refractivity contribution < 1.29 is 28.7 Å². The molecule has 0 aromatic heterocycles. The van der Waals surface area contributed by atoms with Gasteiger partial charge in [-0.25, -0.2) is 9.59 Å². The van der Waals surface area contributed by atoms with Gasteiger partial charge < -0.3 is 20.1 Å². The van der Waals surface area contributed by atoms with Crippen LogP contribution in [0.5, 0.6) is 11.5 Å². The molecule has 136 valence electrons. The zero-order valence-corrected chi connectivity index (χ0v) is 13.9. The SMILES string of the molecule is CC1(c2ccc3c(c2)OCO3)NC(=O)N(CC(=O)N2CCNC2=O)C1=O. The van der Waals surface area contributed by atoms with Crippen molar-refractivity contribution in [3.63, 3.8) is 0 Å². The van der Waals surface area contributed by atoms with Crippen molar-refractivity contribution in [1.29, 1.82) is 0 Å². The third-order valence-corrected chi connectivity index (χ3v) is 4.68. The van der Waals surface area contributed by atoms with E-state index in [2.05, 4.69) is 10.6 Å². The van der Waals surface area contributed by atoms with Gasteiger partial charge in [0.05, 0.1) is 0 Å². The maximum Gasteiger partial charge on any atom is 0.325 e. The first-order chi connectivity index (χ1) is 12.4. The number of rotatable bonds is 3. The molecule has 0 aliphatic carbocycles. The largest absolute Gasteiger partial charge is 0.454 e. The number of benzene rings is 1. The van der Waals surface area contributed by atoms with Crippen LogP contribution in [0.25, 0.3) is 0 Å². The zero-order valence-electron chi connectivity index (χ0n) is 13.9. The Hall–Kier alpha value is -3.30. The number of hydrogen-bond acceptors (Lipinski definition) is 6. The Kier molecular flexibility index (Phi) is 3.49. The average molecular weight is 360 g/mol. The van der Waals surface area contributed by atoms with Crippen LogP contribution in [0.2, 0.25) is 0 Å². The molecule has 1 aromatic carbocycles. The highest BCUT2D eigenvalue weighted by molar-refractivity contribution is 6.10. The van der Waals surface area contributed by atoms with Crippen LogP contribution in [-0.4, -0.2) is 60.1 Å². The van der Waals surface area contributed by atoms with Crippen LogP contribution >= 0.6 is 0 Å². The van der Waals surface area contributed by atoms with Gasteiger partial charge in [-0.2, -0.15) is 0 Å². The van der Waals surface area contributed by atoms with Gasteiger partial charge >= 0.3 is 12.1 Å². The Labute approximate surface area is 148 Å². The monoisotopic (exact) mass is 360 g/mol. The third kappa shape index (κ3) is 2.33. The van der Waals surface area contributed by atoms with Crippen LogP contribution in [0.15, 0.2) is 18.2 Å². The Morgan fingerprint density at radius 1 is 1.19 bits per heavy atom. The Balaban J connectivity index is 1.56. The van der Waals surface area contributed by atoms with Gasteiger partial charge in [-0.1, -0.05) is 6.07 Å². The maximum absolute atomic E-state index is 12.9. The van der Waals surface area contributed by atoms with Gasteiger partial charge in [0.15, 0.2) is 11.5 Å². The molecule has 4 rings (SSSR count). The van der Waals surface area contributed by atoms with Crippen LogP contribution in [-0.2, 0) is 15.1 Å². The molecule has 1 unspecified atom stereocenters. The van der Waals surface area contributed by atoms with Gasteiger partial charge in [-0.05, 0) is 24.6 Å². The minimum absolute atomic E-state index is 0.0916. The second kappa shape index (κ2) is 5.61. The maximum atomic E-state index is 12.9. The van der Waals surface area contributed by atoms with Gasteiger partial charge in [0.1, 0.15) is 12.1 Å². The highest BCUT2D eigenvalue weighted by Gasteiger charge is 2.50. The number of carbonyl (C=O) groups excluding carboxylic acids is 4. The first-order valence-electron chi connectivity index (χ1n) is 8.02. The first-order valence-corrected chi connectivity index (χ1v) is 8.02. The molecule has 0 saturated carbocycles. The van der Waals surface area contributed by atoms with E-state index in [-0.39, 0.29) is 13.3 Å². The van der Waals surface area contributed by atoms with Crippen molar-refractivity contribution in [3.05, 3.63) is 23.8 Å². The highest BCUT2D eigenvalue weighted by atomic mass is 16.7. The number of ether oxygens (including phenoxy) is 2. The van der Waals surface area contributed by atoms with Crippen molar-refractivity contribution in [3.8, 4) is 11.5 Å². The molecule has 2 saturated heterocycles. The van der Waals surface area contributed by atoms with E-state index in [1.54, 1.807) is 25.1 Å². The summed E-state index contributed by atoms with van der Waals surface area (Å²) in [6, 6.07) is 3.72. The number of urea groups is 2. The van der Waals surface area contributed by atoms with E-state index >= 15 is 0 Å². The standard InChI is InChI=1S/C16H16N4O6/c1-16(9-2-3-10-11(6-9)26-8-25-10)13(22)20(15(24)18-16)7-12(21)19-5-4-17-14(19)23/h2-3,6H,4-5,7-8H2,1H3,(H,17,23)(H,18,24). The van der Waals surface area contributed by atoms with E-state index in [4.69, 9.17) is 9.47 Å². The number of hydrogen-bond donors (Lipinski definition) is 2. The minimum atomic E-state index is -1.34. The molecular formula is C16H16N4O6. The predicted octanol–water partition coefficient (Wildman–Crippen LogP) is -0.266. The van der Waals surface area contributed by atoms with E-state index in [0.29, 0.717) is 23.6 Å². The molecule has 6 amide bonds. The molecule has 2 fully saturated rings. The second-order valence-corrected chi connectivity index (χ2v) is 6.29. The van der Waals surface area contributed by atoms with Gasteiger partial charge in [0.2, 0.25) is 6.79 Å². The lowest BCUT2D eigenvalue weighted by atomic mass is 9.91. The number of carbonyl (C=O) groups is 4. The quantitative estimate of drug-likeness (QED) is 0.717. The Morgan fingerprint density at radius 3 is 2.69 bits per heavy atom. The van der Waals surface area contributed by atoms with Crippen LogP contribution in [0.4, 0.5) is 9.59 Å². The summed E-state index contributed by atoms with van der Waals surface area (Å²) in [6.07, 6.45) is 0. The van der Waals surface area contributed by atoms with E-state index in [1.165, 1.54) is 0 Å². The molecule has 10 heteroatoms.